The van der Waals surface area contributed by atoms with Crippen molar-refractivity contribution in [1.82, 2.24) is 15.2 Å². The Balaban J connectivity index is 1.31. The second-order valence-electron chi connectivity index (χ2n) is 12.3. The summed E-state index contributed by atoms with van der Waals surface area (Å²) in [5, 5.41) is 16.4. The van der Waals surface area contributed by atoms with Crippen LogP contribution in [-0.2, 0) is 33.8 Å². The first-order valence-corrected chi connectivity index (χ1v) is 16.0. The van der Waals surface area contributed by atoms with Crippen LogP contribution in [0.15, 0.2) is 115 Å². The van der Waals surface area contributed by atoms with Crippen molar-refractivity contribution in [3.8, 4) is 11.5 Å². The first-order valence-electron chi connectivity index (χ1n) is 16.0. The molecule has 2 saturated heterocycles. The second-order valence-corrected chi connectivity index (χ2v) is 12.3. The lowest BCUT2D eigenvalue weighted by molar-refractivity contribution is -0.151. The molecule has 0 bridgehead atoms. The minimum Gasteiger partial charge on any atom is -0.493 e. The van der Waals surface area contributed by atoms with E-state index in [-0.39, 0.29) is 19.6 Å². The fourth-order valence-corrected chi connectivity index (χ4v) is 7.25. The molecule has 1 aromatic heterocycles. The first-order chi connectivity index (χ1) is 23.4. The number of hydrogen-bond donors (Lipinski definition) is 2. The number of carboxylic acid groups (broad SMARTS) is 1. The van der Waals surface area contributed by atoms with E-state index in [2.05, 4.69) is 10.3 Å². The van der Waals surface area contributed by atoms with Crippen molar-refractivity contribution in [1.29, 1.82) is 0 Å². The largest absolute Gasteiger partial charge is 0.493 e. The van der Waals surface area contributed by atoms with Crippen LogP contribution in [0.25, 0.3) is 10.8 Å². The van der Waals surface area contributed by atoms with Crippen LogP contribution in [0.5, 0.6) is 11.5 Å². The lowest BCUT2D eigenvalue weighted by Gasteiger charge is -2.32. The maximum absolute atomic E-state index is 14.4. The number of aromatic nitrogens is 1. The summed E-state index contributed by atoms with van der Waals surface area (Å²) in [5.74, 6) is -3.46. The van der Waals surface area contributed by atoms with E-state index in [9.17, 15) is 19.5 Å². The maximum atomic E-state index is 14.4. The molecule has 0 radical (unpaired) electrons. The number of nitrogens with one attached hydrogen (secondary N) is 1. The first kappa shape index (κ1) is 31.1. The number of likely N-dealkylation sites (tertiary alicyclic amines) is 1. The minimum absolute atomic E-state index is 0.0118. The molecule has 2 aliphatic rings. The quantitative estimate of drug-likeness (QED) is 0.185. The summed E-state index contributed by atoms with van der Waals surface area (Å²) in [6.07, 6.45) is 2.00. The number of benzene rings is 4. The van der Waals surface area contributed by atoms with Gasteiger partial charge in [0.2, 0.25) is 11.8 Å². The zero-order chi connectivity index (χ0) is 33.3. The van der Waals surface area contributed by atoms with Crippen LogP contribution < -0.4 is 14.8 Å². The number of nitrogens with zero attached hydrogens (tertiary/aromatic N) is 2. The number of methoxy groups -OCH3 is 1. The number of hydrogen-bond acceptors (Lipinski definition) is 7. The summed E-state index contributed by atoms with van der Waals surface area (Å²) in [7, 11) is 1.53. The Hall–Kier alpha value is -5.54. The molecule has 48 heavy (non-hydrogen) atoms. The van der Waals surface area contributed by atoms with E-state index < -0.39 is 41.2 Å². The number of para-hydroxylation sites is 1. The van der Waals surface area contributed by atoms with Crippen molar-refractivity contribution in [3.05, 3.63) is 138 Å². The van der Waals surface area contributed by atoms with Crippen LogP contribution in [0.1, 0.15) is 28.4 Å². The van der Waals surface area contributed by atoms with Crippen molar-refractivity contribution in [3.63, 3.8) is 0 Å². The third-order valence-corrected chi connectivity index (χ3v) is 9.53. The van der Waals surface area contributed by atoms with E-state index in [1.54, 1.807) is 30.5 Å². The number of carbonyl (C=O) groups excluding carboxylic acids is 2. The molecule has 2 amide bonds. The Morgan fingerprint density at radius 1 is 0.875 bits per heavy atom. The second kappa shape index (κ2) is 12.9. The summed E-state index contributed by atoms with van der Waals surface area (Å²) in [4.78, 5) is 47.9. The van der Waals surface area contributed by atoms with E-state index in [1.807, 2.05) is 84.9 Å². The van der Waals surface area contributed by atoms with Gasteiger partial charge in [-0.1, -0.05) is 91.0 Å². The van der Waals surface area contributed by atoms with Gasteiger partial charge in [0, 0.05) is 42.9 Å². The fraction of sp³-hybridized carbons (Fsp3) is 0.231. The molecule has 5 aromatic rings. The third-order valence-electron chi connectivity index (χ3n) is 9.53. The summed E-state index contributed by atoms with van der Waals surface area (Å²) in [6.45, 7) is 0.314. The molecule has 242 valence electrons. The highest BCUT2D eigenvalue weighted by Gasteiger charge is 2.68. The Bertz CT molecular complexity index is 1980. The van der Waals surface area contributed by atoms with Gasteiger partial charge in [0.15, 0.2) is 11.5 Å². The molecule has 0 spiro atoms. The summed E-state index contributed by atoms with van der Waals surface area (Å²) >= 11 is 0. The number of carbonyl (C=O) groups is 3. The molecule has 2 aliphatic heterocycles. The number of carboxylic acids is 1. The molecule has 4 aromatic carbocycles. The molecule has 7 rings (SSSR count). The number of pyridine rings is 1. The lowest BCUT2D eigenvalue weighted by Crippen LogP contribution is -2.57. The Kier molecular flexibility index (Phi) is 8.37. The Morgan fingerprint density at radius 2 is 1.65 bits per heavy atom. The lowest BCUT2D eigenvalue weighted by atomic mass is 9.76. The molecule has 2 fully saturated rings. The zero-order valence-corrected chi connectivity index (χ0v) is 26.4. The molecule has 2 N–H and O–H groups in total. The number of rotatable bonds is 11. The van der Waals surface area contributed by atoms with Crippen LogP contribution in [0.4, 0.5) is 0 Å². The monoisotopic (exact) mass is 641 g/mol. The van der Waals surface area contributed by atoms with Gasteiger partial charge in [0.1, 0.15) is 12.1 Å². The van der Waals surface area contributed by atoms with Gasteiger partial charge in [-0.3, -0.25) is 29.6 Å². The number of aliphatic carboxylic acids is 1. The van der Waals surface area contributed by atoms with Crippen molar-refractivity contribution in [2.75, 3.05) is 13.7 Å². The zero-order valence-electron chi connectivity index (χ0n) is 26.4. The van der Waals surface area contributed by atoms with Crippen LogP contribution in [0, 0.1) is 11.8 Å². The third kappa shape index (κ3) is 5.56. The Morgan fingerprint density at radius 3 is 2.40 bits per heavy atom. The highest BCUT2D eigenvalue weighted by atomic mass is 16.5. The van der Waals surface area contributed by atoms with E-state index >= 15 is 0 Å². The number of amides is 2. The summed E-state index contributed by atoms with van der Waals surface area (Å²) in [6, 6.07) is 33.2. The molecule has 9 nitrogen and oxygen atoms in total. The maximum Gasteiger partial charge on any atom is 0.325 e. The van der Waals surface area contributed by atoms with Crippen LogP contribution in [-0.4, -0.2) is 52.0 Å². The highest BCUT2D eigenvalue weighted by Crippen LogP contribution is 2.52. The van der Waals surface area contributed by atoms with Gasteiger partial charge >= 0.3 is 5.97 Å². The SMILES string of the molecule is COc1cccc(C2NC(Cc3ccc4ccccc4c3)(C(=O)O)C3C(=O)N(CCc4ccccn4)C(=O)C23)c1OCc1ccccc1. The fourth-order valence-electron chi connectivity index (χ4n) is 7.25. The minimum atomic E-state index is -1.79. The van der Waals surface area contributed by atoms with Gasteiger partial charge in [0.25, 0.3) is 0 Å². The Labute approximate surface area is 278 Å². The molecule has 9 heteroatoms. The van der Waals surface area contributed by atoms with Gasteiger partial charge < -0.3 is 14.6 Å². The molecule has 0 saturated carbocycles. The normalized spacial score (nSPS) is 21.8. The molecular formula is C39H35N3O6. The van der Waals surface area contributed by atoms with Gasteiger partial charge in [-0.2, -0.15) is 0 Å². The average molecular weight is 642 g/mol. The molecular weight excluding hydrogens is 606 g/mol. The van der Waals surface area contributed by atoms with E-state index in [4.69, 9.17) is 9.47 Å². The van der Waals surface area contributed by atoms with E-state index in [0.29, 0.717) is 23.5 Å². The predicted molar refractivity (Wildman–Crippen MR) is 179 cm³/mol. The van der Waals surface area contributed by atoms with Crippen molar-refractivity contribution >= 4 is 28.6 Å². The summed E-state index contributed by atoms with van der Waals surface area (Å²) < 4.78 is 12.1. The van der Waals surface area contributed by atoms with Gasteiger partial charge in [-0.25, -0.2) is 0 Å². The van der Waals surface area contributed by atoms with Crippen molar-refractivity contribution < 1.29 is 29.0 Å². The van der Waals surface area contributed by atoms with Crippen LogP contribution in [0.2, 0.25) is 0 Å². The van der Waals surface area contributed by atoms with Gasteiger partial charge in [0.05, 0.1) is 18.9 Å². The van der Waals surface area contributed by atoms with E-state index in [1.165, 1.54) is 12.0 Å². The van der Waals surface area contributed by atoms with Crippen molar-refractivity contribution in [2.24, 2.45) is 11.8 Å². The van der Waals surface area contributed by atoms with Crippen LogP contribution in [0.3, 0.4) is 0 Å². The molecule has 4 atom stereocenters. The predicted octanol–water partition coefficient (Wildman–Crippen LogP) is 5.38. The highest BCUT2D eigenvalue weighted by molar-refractivity contribution is 6.09. The van der Waals surface area contributed by atoms with Gasteiger partial charge in [-0.05, 0) is 40.1 Å². The molecule has 0 aliphatic carbocycles. The number of fused-ring (bicyclic) bond motifs is 2. The van der Waals surface area contributed by atoms with Crippen molar-refractivity contribution in [2.45, 2.75) is 31.0 Å². The standard InChI is InChI=1S/C39H35N3O6/c1-47-31-16-9-15-30(35(31)48-24-25-10-3-2-4-11-25)34-32-33(37(44)42(36(32)43)21-19-29-14-7-8-20-40-29)39(41-34,38(45)46)23-26-17-18-27-12-5-6-13-28(27)22-26/h2-18,20,22,32-34,41H,19,21,23-24H2,1H3,(H,45,46). The molecule has 4 unspecified atom stereocenters. The van der Waals surface area contributed by atoms with E-state index in [0.717, 1.165) is 27.6 Å². The number of imide groups is 1. The smallest absolute Gasteiger partial charge is 0.325 e. The van der Waals surface area contributed by atoms with Gasteiger partial charge in [-0.15, -0.1) is 0 Å². The summed E-state index contributed by atoms with van der Waals surface area (Å²) in [5.41, 5.74) is 1.16. The van der Waals surface area contributed by atoms with Crippen LogP contribution >= 0.6 is 0 Å². The number of ether oxygens (including phenoxy) is 2. The topological polar surface area (TPSA) is 118 Å². The average Bonchev–Trinajstić information content (AvgIpc) is 3.59. The molecule has 3 heterocycles.